The van der Waals surface area contributed by atoms with Crippen molar-refractivity contribution in [2.75, 3.05) is 39.3 Å². The van der Waals surface area contributed by atoms with E-state index in [0.29, 0.717) is 25.0 Å². The minimum atomic E-state index is -0.562. The number of nitrogens with zero attached hydrogens (tertiary/aromatic N) is 1. The fourth-order valence-electron chi connectivity index (χ4n) is 3.73. The number of Topliss-reactive ketones (excluding diaryl/α,β-unsaturated/α-hetero) is 1. The molecule has 0 bridgehead atoms. The van der Waals surface area contributed by atoms with Crippen LogP contribution in [0.25, 0.3) is 0 Å². The number of carbonyl (C=O) groups excluding carboxylic acids is 2. The molecule has 34 heavy (non-hydrogen) atoms. The van der Waals surface area contributed by atoms with Gasteiger partial charge in [-0.3, -0.25) is 9.59 Å². The molecule has 0 saturated carbocycles. The number of likely N-dealkylation sites (N-methyl/N-ethyl adjacent to an activating group) is 1. The third-order valence-electron chi connectivity index (χ3n) is 5.87. The first-order valence-electron chi connectivity index (χ1n) is 12.6. The molecule has 2 aromatic carbocycles. The van der Waals surface area contributed by atoms with E-state index in [9.17, 15) is 9.59 Å². The van der Waals surface area contributed by atoms with Crippen molar-refractivity contribution >= 4 is 11.7 Å². The Morgan fingerprint density at radius 3 is 2.29 bits per heavy atom. The van der Waals surface area contributed by atoms with Gasteiger partial charge in [0.2, 0.25) is 0 Å². The number of amides is 1. The van der Waals surface area contributed by atoms with Gasteiger partial charge >= 0.3 is 0 Å². The number of ketones is 1. The Hall–Kier alpha value is -2.70. The summed E-state index contributed by atoms with van der Waals surface area (Å²) in [6.45, 7) is 11.7. The summed E-state index contributed by atoms with van der Waals surface area (Å²) in [7, 11) is 0. The van der Waals surface area contributed by atoms with Crippen molar-refractivity contribution in [2.45, 2.75) is 52.5 Å². The van der Waals surface area contributed by atoms with Crippen LogP contribution in [0.2, 0.25) is 0 Å². The standard InChI is InChI=1S/C28H41N3O3/c1-4-18-29-19-10-13-27(32)26(30-28(33)24-11-8-7-9-12-24)22-23-14-16-25(17-15-23)34-21-20-31(5-2)6-3/h7-9,11-12,14-17,26,29H,4-6,10,13,18-22H2,1-3H3,(H,30,33). The zero-order valence-electron chi connectivity index (χ0n) is 21.0. The van der Waals surface area contributed by atoms with Gasteiger partial charge in [-0.1, -0.05) is 51.1 Å². The Morgan fingerprint density at radius 2 is 1.65 bits per heavy atom. The zero-order chi connectivity index (χ0) is 24.6. The third kappa shape index (κ3) is 10.1. The lowest BCUT2D eigenvalue weighted by Gasteiger charge is -2.19. The highest BCUT2D eigenvalue weighted by Gasteiger charge is 2.21. The maximum Gasteiger partial charge on any atom is 0.251 e. The molecule has 0 saturated heterocycles. The fraction of sp³-hybridized carbons (Fsp3) is 0.500. The van der Waals surface area contributed by atoms with Gasteiger partial charge in [0, 0.05) is 18.5 Å². The number of hydrogen-bond acceptors (Lipinski definition) is 5. The number of rotatable bonds is 17. The van der Waals surface area contributed by atoms with Gasteiger partial charge in [-0.15, -0.1) is 0 Å². The van der Waals surface area contributed by atoms with Gasteiger partial charge in [0.1, 0.15) is 12.4 Å². The molecule has 0 aliphatic rings. The van der Waals surface area contributed by atoms with E-state index in [4.69, 9.17) is 4.74 Å². The van der Waals surface area contributed by atoms with E-state index in [0.717, 1.165) is 56.9 Å². The molecule has 0 heterocycles. The highest BCUT2D eigenvalue weighted by Crippen LogP contribution is 2.15. The van der Waals surface area contributed by atoms with Crippen LogP contribution in [0, 0.1) is 0 Å². The van der Waals surface area contributed by atoms with Crippen LogP contribution in [0.15, 0.2) is 54.6 Å². The number of benzene rings is 2. The van der Waals surface area contributed by atoms with Crippen molar-refractivity contribution in [1.29, 1.82) is 0 Å². The van der Waals surface area contributed by atoms with Crippen LogP contribution < -0.4 is 15.4 Å². The first-order valence-corrected chi connectivity index (χ1v) is 12.6. The van der Waals surface area contributed by atoms with Crippen LogP contribution in [0.3, 0.4) is 0 Å². The Balaban J connectivity index is 1.97. The van der Waals surface area contributed by atoms with Crippen LogP contribution in [-0.2, 0) is 11.2 Å². The van der Waals surface area contributed by atoms with Gasteiger partial charge in [0.05, 0.1) is 6.04 Å². The lowest BCUT2D eigenvalue weighted by molar-refractivity contribution is -0.121. The van der Waals surface area contributed by atoms with Gasteiger partial charge in [-0.05, 0) is 75.3 Å². The second kappa shape index (κ2) is 16.0. The fourth-order valence-corrected chi connectivity index (χ4v) is 3.73. The molecule has 1 atom stereocenters. The molecule has 6 nitrogen and oxygen atoms in total. The second-order valence-electron chi connectivity index (χ2n) is 8.44. The van der Waals surface area contributed by atoms with Crippen molar-refractivity contribution in [3.8, 4) is 5.75 Å². The van der Waals surface area contributed by atoms with E-state index in [1.54, 1.807) is 12.1 Å². The summed E-state index contributed by atoms with van der Waals surface area (Å²) >= 11 is 0. The number of hydrogen-bond donors (Lipinski definition) is 2. The molecule has 0 fully saturated rings. The van der Waals surface area contributed by atoms with Crippen LogP contribution in [0.5, 0.6) is 5.75 Å². The van der Waals surface area contributed by atoms with Crippen LogP contribution in [0.4, 0.5) is 0 Å². The maximum atomic E-state index is 13.0. The molecule has 0 aliphatic heterocycles. The smallest absolute Gasteiger partial charge is 0.251 e. The van der Waals surface area contributed by atoms with Gasteiger partial charge in [-0.2, -0.15) is 0 Å². The van der Waals surface area contributed by atoms with E-state index < -0.39 is 6.04 Å². The second-order valence-corrected chi connectivity index (χ2v) is 8.44. The predicted octanol–water partition coefficient (Wildman–Crippen LogP) is 4.10. The lowest BCUT2D eigenvalue weighted by atomic mass is 9.99. The Labute approximate surface area is 205 Å². The molecule has 2 rings (SSSR count). The Morgan fingerprint density at radius 1 is 0.941 bits per heavy atom. The van der Waals surface area contributed by atoms with Crippen LogP contribution >= 0.6 is 0 Å². The summed E-state index contributed by atoms with van der Waals surface area (Å²) in [5, 5.41) is 6.29. The zero-order valence-corrected chi connectivity index (χ0v) is 21.0. The third-order valence-corrected chi connectivity index (χ3v) is 5.87. The van der Waals surface area contributed by atoms with E-state index in [-0.39, 0.29) is 11.7 Å². The molecule has 2 aromatic rings. The molecule has 0 spiro atoms. The summed E-state index contributed by atoms with van der Waals surface area (Å²) in [6.07, 6.45) is 2.72. The van der Waals surface area contributed by atoms with Gasteiger partial charge in [0.25, 0.3) is 5.91 Å². The van der Waals surface area contributed by atoms with Gasteiger partial charge in [-0.25, -0.2) is 0 Å². The molecule has 186 valence electrons. The van der Waals surface area contributed by atoms with Crippen molar-refractivity contribution in [2.24, 2.45) is 0 Å². The average molecular weight is 468 g/mol. The van der Waals surface area contributed by atoms with Crippen molar-refractivity contribution in [1.82, 2.24) is 15.5 Å². The van der Waals surface area contributed by atoms with Gasteiger partial charge in [0.15, 0.2) is 5.78 Å². The topological polar surface area (TPSA) is 70.7 Å². The average Bonchev–Trinajstić information content (AvgIpc) is 2.87. The summed E-state index contributed by atoms with van der Waals surface area (Å²) in [5.41, 5.74) is 1.55. The molecule has 2 N–H and O–H groups in total. The van der Waals surface area contributed by atoms with Gasteiger partial charge < -0.3 is 20.3 Å². The monoisotopic (exact) mass is 467 g/mol. The van der Waals surface area contributed by atoms with Crippen molar-refractivity contribution < 1.29 is 14.3 Å². The molecular formula is C28H41N3O3. The Kier molecular flexibility index (Phi) is 13.0. The summed E-state index contributed by atoms with van der Waals surface area (Å²) in [5.74, 6) is 0.649. The first kappa shape index (κ1) is 27.5. The number of nitrogens with one attached hydrogen (secondary N) is 2. The predicted molar refractivity (Wildman–Crippen MR) is 139 cm³/mol. The number of ether oxygens (including phenoxy) is 1. The van der Waals surface area contributed by atoms with E-state index >= 15 is 0 Å². The maximum absolute atomic E-state index is 13.0. The molecule has 0 aliphatic carbocycles. The molecular weight excluding hydrogens is 426 g/mol. The minimum absolute atomic E-state index is 0.0575. The molecule has 1 amide bonds. The van der Waals surface area contributed by atoms with E-state index in [2.05, 4.69) is 36.3 Å². The van der Waals surface area contributed by atoms with Crippen molar-refractivity contribution in [3.63, 3.8) is 0 Å². The number of carbonyl (C=O) groups is 2. The van der Waals surface area contributed by atoms with Crippen molar-refractivity contribution in [3.05, 3.63) is 65.7 Å². The molecule has 6 heteroatoms. The highest BCUT2D eigenvalue weighted by molar-refractivity contribution is 5.98. The van der Waals surface area contributed by atoms with Crippen LogP contribution in [0.1, 0.15) is 56.0 Å². The molecule has 1 unspecified atom stereocenters. The lowest BCUT2D eigenvalue weighted by Crippen LogP contribution is -2.42. The largest absolute Gasteiger partial charge is 0.492 e. The normalized spacial score (nSPS) is 11.9. The SMILES string of the molecule is CCCNCCCC(=O)C(Cc1ccc(OCCN(CC)CC)cc1)NC(=O)c1ccccc1. The molecule has 0 aromatic heterocycles. The van der Waals surface area contributed by atoms with Crippen LogP contribution in [-0.4, -0.2) is 62.0 Å². The van der Waals surface area contributed by atoms with E-state index in [1.165, 1.54) is 0 Å². The summed E-state index contributed by atoms with van der Waals surface area (Å²) in [6, 6.07) is 16.3. The first-order chi connectivity index (χ1) is 16.6. The minimum Gasteiger partial charge on any atom is -0.492 e. The molecule has 0 radical (unpaired) electrons. The quantitative estimate of drug-likeness (QED) is 0.343. The highest BCUT2D eigenvalue weighted by atomic mass is 16.5. The summed E-state index contributed by atoms with van der Waals surface area (Å²) < 4.78 is 5.87. The van der Waals surface area contributed by atoms with E-state index in [1.807, 2.05) is 42.5 Å². The summed E-state index contributed by atoms with van der Waals surface area (Å²) in [4.78, 5) is 28.1. The Bertz CT molecular complexity index is 836.